The van der Waals surface area contributed by atoms with Gasteiger partial charge in [0.1, 0.15) is 0 Å². The second-order valence-electron chi connectivity index (χ2n) is 4.39. The first kappa shape index (κ1) is 8.55. The zero-order chi connectivity index (χ0) is 8.39. The van der Waals surface area contributed by atoms with Crippen LogP contribution < -0.4 is 0 Å². The van der Waals surface area contributed by atoms with Gasteiger partial charge in [0.2, 0.25) is 0 Å². The Morgan fingerprint density at radius 1 is 0.750 bits per heavy atom. The van der Waals surface area contributed by atoms with Crippen molar-refractivity contribution in [3.63, 3.8) is 0 Å². The molecule has 1 radical (unpaired) electrons. The van der Waals surface area contributed by atoms with Crippen LogP contribution in [0.15, 0.2) is 0 Å². The summed E-state index contributed by atoms with van der Waals surface area (Å²) < 4.78 is 0. The lowest BCUT2D eigenvalue weighted by Gasteiger charge is -2.29. The summed E-state index contributed by atoms with van der Waals surface area (Å²) in [5.74, 6) is 0. The molecule has 0 aromatic rings. The molecule has 2 fully saturated rings. The second-order valence-corrected chi connectivity index (χ2v) is 4.39. The minimum Gasteiger partial charge on any atom is -0.296 e. The Hall–Kier alpha value is -0.0400. The van der Waals surface area contributed by atoms with Gasteiger partial charge in [-0.1, -0.05) is 25.7 Å². The zero-order valence-electron chi connectivity index (χ0n) is 7.97. The summed E-state index contributed by atoms with van der Waals surface area (Å²) in [7, 11) is 4.24. The Morgan fingerprint density at radius 2 is 1.08 bits per heavy atom. The molecule has 0 saturated heterocycles. The predicted molar refractivity (Wildman–Crippen MR) is 51.7 cm³/mol. The number of hydrogen-bond donors (Lipinski definition) is 0. The molecule has 0 unspecified atom stereocenters. The van der Waals surface area contributed by atoms with Gasteiger partial charge in [-0.2, -0.15) is 0 Å². The lowest BCUT2D eigenvalue weighted by molar-refractivity contribution is 0.203. The highest BCUT2D eigenvalue weighted by Crippen LogP contribution is 2.30. The van der Waals surface area contributed by atoms with E-state index < -0.39 is 0 Å². The molecule has 1 heteroatoms. The number of hydrogen-bond acceptors (Lipinski definition) is 1. The van der Waals surface area contributed by atoms with Crippen molar-refractivity contribution in [3.8, 4) is 0 Å². The lowest BCUT2D eigenvalue weighted by Crippen LogP contribution is -2.35. The van der Waals surface area contributed by atoms with Crippen LogP contribution in [0, 0.1) is 7.05 Å². The first-order chi connectivity index (χ1) is 5.88. The molecule has 0 atom stereocenters. The van der Waals surface area contributed by atoms with Gasteiger partial charge in [0.05, 0.1) is 0 Å². The van der Waals surface area contributed by atoms with Gasteiger partial charge >= 0.3 is 0 Å². The van der Waals surface area contributed by atoms with Gasteiger partial charge in [-0.05, 0) is 25.7 Å². The van der Waals surface area contributed by atoms with Crippen molar-refractivity contribution >= 4 is 0 Å². The molecule has 2 aliphatic carbocycles. The summed E-state index contributed by atoms with van der Waals surface area (Å²) in [5, 5.41) is 0. The molecule has 2 aliphatic rings. The summed E-state index contributed by atoms with van der Waals surface area (Å²) in [5.41, 5.74) is 0. The molecule has 0 bridgehead atoms. The molecular weight excluding hydrogens is 146 g/mol. The fourth-order valence-electron chi connectivity index (χ4n) is 2.77. The quantitative estimate of drug-likeness (QED) is 0.609. The summed E-state index contributed by atoms with van der Waals surface area (Å²) in [4.78, 5) is 2.43. The van der Waals surface area contributed by atoms with Gasteiger partial charge in [0.15, 0.2) is 0 Å². The topological polar surface area (TPSA) is 3.24 Å². The van der Waals surface area contributed by atoms with Gasteiger partial charge in [0.25, 0.3) is 0 Å². The average Bonchev–Trinajstić information content (AvgIpc) is 2.77. The SMILES string of the molecule is [CH2]N(C1CCCC1)C1CCCC1. The Bertz CT molecular complexity index is 116. The fourth-order valence-corrected chi connectivity index (χ4v) is 2.77. The third-order valence-electron chi connectivity index (χ3n) is 3.59. The maximum absolute atomic E-state index is 4.24. The Balaban J connectivity index is 1.84. The van der Waals surface area contributed by atoms with Crippen LogP contribution in [-0.4, -0.2) is 17.0 Å². The third kappa shape index (κ3) is 1.66. The van der Waals surface area contributed by atoms with E-state index in [0.29, 0.717) is 0 Å². The van der Waals surface area contributed by atoms with Crippen LogP contribution in [0.2, 0.25) is 0 Å². The highest BCUT2D eigenvalue weighted by atomic mass is 15.2. The van der Waals surface area contributed by atoms with E-state index >= 15 is 0 Å². The van der Waals surface area contributed by atoms with E-state index in [9.17, 15) is 0 Å². The van der Waals surface area contributed by atoms with Crippen LogP contribution in [0.4, 0.5) is 0 Å². The molecule has 0 aliphatic heterocycles. The molecule has 0 aromatic carbocycles. The largest absolute Gasteiger partial charge is 0.296 e. The summed E-state index contributed by atoms with van der Waals surface area (Å²) in [6.07, 6.45) is 11.3. The van der Waals surface area contributed by atoms with Crippen molar-refractivity contribution in [2.45, 2.75) is 63.5 Å². The van der Waals surface area contributed by atoms with E-state index in [1.54, 1.807) is 0 Å². The van der Waals surface area contributed by atoms with Crippen LogP contribution in [0.5, 0.6) is 0 Å². The smallest absolute Gasteiger partial charge is 0.0115 e. The van der Waals surface area contributed by atoms with Crippen molar-refractivity contribution in [1.82, 2.24) is 4.90 Å². The van der Waals surface area contributed by atoms with Crippen LogP contribution in [0.1, 0.15) is 51.4 Å². The highest BCUT2D eigenvalue weighted by Gasteiger charge is 2.27. The van der Waals surface area contributed by atoms with E-state index in [2.05, 4.69) is 11.9 Å². The van der Waals surface area contributed by atoms with Gasteiger partial charge in [-0.25, -0.2) is 0 Å². The molecule has 0 spiro atoms. The van der Waals surface area contributed by atoms with E-state index in [0.717, 1.165) is 12.1 Å². The van der Waals surface area contributed by atoms with Crippen LogP contribution >= 0.6 is 0 Å². The van der Waals surface area contributed by atoms with Crippen molar-refractivity contribution < 1.29 is 0 Å². The van der Waals surface area contributed by atoms with Crippen LogP contribution in [-0.2, 0) is 0 Å². The average molecular weight is 166 g/mol. The van der Waals surface area contributed by atoms with Gasteiger partial charge < -0.3 is 0 Å². The molecule has 69 valence electrons. The Labute approximate surface area is 76.1 Å². The molecule has 2 saturated carbocycles. The minimum absolute atomic E-state index is 0.827. The van der Waals surface area contributed by atoms with E-state index in [-0.39, 0.29) is 0 Å². The second kappa shape index (κ2) is 3.78. The Kier molecular flexibility index (Phi) is 2.69. The molecule has 12 heavy (non-hydrogen) atoms. The molecule has 0 N–H and O–H groups in total. The van der Waals surface area contributed by atoms with Crippen molar-refractivity contribution in [3.05, 3.63) is 7.05 Å². The fraction of sp³-hybridized carbons (Fsp3) is 0.909. The zero-order valence-corrected chi connectivity index (χ0v) is 7.97. The van der Waals surface area contributed by atoms with Gasteiger partial charge in [-0.3, -0.25) is 4.90 Å². The predicted octanol–water partition coefficient (Wildman–Crippen LogP) is 2.97. The molecule has 0 heterocycles. The summed E-state index contributed by atoms with van der Waals surface area (Å²) in [6, 6.07) is 1.65. The standard InChI is InChI=1S/C11H20N/c1-12(10-6-2-3-7-10)11-8-4-5-9-11/h10-11H,1-9H2. The van der Waals surface area contributed by atoms with Crippen LogP contribution in [0.25, 0.3) is 0 Å². The Morgan fingerprint density at radius 3 is 1.42 bits per heavy atom. The number of rotatable bonds is 2. The molecule has 0 aromatic heterocycles. The number of nitrogens with zero attached hydrogens (tertiary/aromatic N) is 1. The van der Waals surface area contributed by atoms with Crippen LogP contribution in [0.3, 0.4) is 0 Å². The van der Waals surface area contributed by atoms with Crippen molar-refractivity contribution in [2.24, 2.45) is 0 Å². The normalized spacial score (nSPS) is 27.5. The van der Waals surface area contributed by atoms with Crippen molar-refractivity contribution in [1.29, 1.82) is 0 Å². The molecular formula is C11H20N. The van der Waals surface area contributed by atoms with Crippen molar-refractivity contribution in [2.75, 3.05) is 0 Å². The minimum atomic E-state index is 0.827. The van der Waals surface area contributed by atoms with Gasteiger partial charge in [-0.15, -0.1) is 0 Å². The van der Waals surface area contributed by atoms with Gasteiger partial charge in [0, 0.05) is 19.1 Å². The third-order valence-corrected chi connectivity index (χ3v) is 3.59. The molecule has 2 rings (SSSR count). The maximum Gasteiger partial charge on any atom is 0.0115 e. The summed E-state index contributed by atoms with van der Waals surface area (Å²) in [6.45, 7) is 0. The molecule has 0 amide bonds. The van der Waals surface area contributed by atoms with E-state index in [1.165, 1.54) is 51.4 Å². The first-order valence-electron chi connectivity index (χ1n) is 5.47. The summed E-state index contributed by atoms with van der Waals surface area (Å²) >= 11 is 0. The lowest BCUT2D eigenvalue weighted by atomic mass is 10.1. The monoisotopic (exact) mass is 166 g/mol. The molecule has 1 nitrogen and oxygen atoms in total. The van der Waals surface area contributed by atoms with E-state index in [4.69, 9.17) is 0 Å². The van der Waals surface area contributed by atoms with E-state index in [1.807, 2.05) is 0 Å². The highest BCUT2D eigenvalue weighted by molar-refractivity contribution is 4.84. The first-order valence-corrected chi connectivity index (χ1v) is 5.47. The maximum atomic E-state index is 4.24.